The van der Waals surface area contributed by atoms with Crippen LogP contribution >= 0.6 is 15.9 Å². The van der Waals surface area contributed by atoms with Crippen LogP contribution in [0.1, 0.15) is 12.0 Å². The smallest absolute Gasteiger partial charge is 0.0175 e. The van der Waals surface area contributed by atoms with Crippen LogP contribution in [0, 0.1) is 5.92 Å². The lowest BCUT2D eigenvalue weighted by molar-refractivity contribution is 0.786. The number of hydrogen-bond acceptors (Lipinski definition) is 1. The van der Waals surface area contributed by atoms with Gasteiger partial charge in [0.25, 0.3) is 0 Å². The Kier molecular flexibility index (Phi) is 2.20. The summed E-state index contributed by atoms with van der Waals surface area (Å²) in [5, 5.41) is 0. The molecule has 2 unspecified atom stereocenters. The molecule has 2 N–H and O–H groups in total. The Morgan fingerprint density at radius 1 is 1.33 bits per heavy atom. The van der Waals surface area contributed by atoms with Crippen molar-refractivity contribution in [2.24, 2.45) is 11.7 Å². The second-order valence-corrected chi connectivity index (χ2v) is 4.41. The molecule has 1 aromatic carbocycles. The minimum Gasteiger partial charge on any atom is -0.327 e. The predicted octanol–water partition coefficient (Wildman–Crippen LogP) is 2.34. The van der Waals surface area contributed by atoms with Crippen molar-refractivity contribution in [2.45, 2.75) is 18.9 Å². The van der Waals surface area contributed by atoms with E-state index in [1.165, 1.54) is 12.0 Å². The van der Waals surface area contributed by atoms with Gasteiger partial charge in [-0.25, -0.2) is 0 Å². The molecular formula is C10H12BrN. The Morgan fingerprint density at radius 2 is 1.92 bits per heavy atom. The van der Waals surface area contributed by atoms with E-state index in [1.54, 1.807) is 0 Å². The lowest BCUT2D eigenvalue weighted by Crippen LogP contribution is -2.03. The monoisotopic (exact) mass is 225 g/mol. The molecule has 0 heterocycles. The fraction of sp³-hybridized carbons (Fsp3) is 0.400. The Morgan fingerprint density at radius 3 is 2.42 bits per heavy atom. The molecule has 2 rings (SSSR count). The molecule has 1 aliphatic carbocycles. The van der Waals surface area contributed by atoms with Crippen molar-refractivity contribution >= 4 is 15.9 Å². The van der Waals surface area contributed by atoms with Crippen LogP contribution in [0.5, 0.6) is 0 Å². The van der Waals surface area contributed by atoms with Crippen LogP contribution in [-0.4, -0.2) is 6.04 Å². The van der Waals surface area contributed by atoms with Crippen LogP contribution in [0.25, 0.3) is 0 Å². The minimum absolute atomic E-state index is 0.466. The van der Waals surface area contributed by atoms with Crippen LogP contribution in [0.4, 0.5) is 0 Å². The largest absolute Gasteiger partial charge is 0.327 e. The first-order valence-electron chi connectivity index (χ1n) is 4.26. The van der Waals surface area contributed by atoms with Gasteiger partial charge in [-0.1, -0.05) is 28.1 Å². The van der Waals surface area contributed by atoms with Crippen molar-refractivity contribution in [3.63, 3.8) is 0 Å². The average molecular weight is 226 g/mol. The van der Waals surface area contributed by atoms with Gasteiger partial charge in [-0.15, -0.1) is 0 Å². The lowest BCUT2D eigenvalue weighted by Gasteiger charge is -1.98. The summed E-state index contributed by atoms with van der Waals surface area (Å²) in [4.78, 5) is 0. The summed E-state index contributed by atoms with van der Waals surface area (Å²) in [5.74, 6) is 0.742. The van der Waals surface area contributed by atoms with Crippen molar-refractivity contribution in [1.82, 2.24) is 0 Å². The highest BCUT2D eigenvalue weighted by atomic mass is 79.9. The van der Waals surface area contributed by atoms with E-state index in [4.69, 9.17) is 5.73 Å². The molecule has 64 valence electrons. The van der Waals surface area contributed by atoms with Gasteiger partial charge in [0.15, 0.2) is 0 Å². The van der Waals surface area contributed by atoms with Crippen LogP contribution in [0.15, 0.2) is 28.7 Å². The summed E-state index contributed by atoms with van der Waals surface area (Å²) in [7, 11) is 0. The van der Waals surface area contributed by atoms with E-state index in [0.717, 1.165) is 16.8 Å². The Bertz CT molecular complexity index is 268. The van der Waals surface area contributed by atoms with Gasteiger partial charge in [0.1, 0.15) is 0 Å². The molecule has 1 aromatic rings. The zero-order valence-electron chi connectivity index (χ0n) is 6.83. The fourth-order valence-corrected chi connectivity index (χ4v) is 1.69. The minimum atomic E-state index is 0.466. The van der Waals surface area contributed by atoms with Gasteiger partial charge in [0.05, 0.1) is 0 Å². The Hall–Kier alpha value is -0.340. The van der Waals surface area contributed by atoms with E-state index in [0.29, 0.717) is 6.04 Å². The molecule has 0 bridgehead atoms. The highest BCUT2D eigenvalue weighted by molar-refractivity contribution is 9.10. The molecule has 1 aliphatic rings. The SMILES string of the molecule is NC1CC1Cc1ccc(Br)cc1. The molecule has 0 radical (unpaired) electrons. The number of benzene rings is 1. The normalized spacial score (nSPS) is 27.2. The maximum absolute atomic E-state index is 5.73. The molecule has 1 nitrogen and oxygen atoms in total. The summed E-state index contributed by atoms with van der Waals surface area (Å²) in [6.45, 7) is 0. The molecule has 0 amide bonds. The quantitative estimate of drug-likeness (QED) is 0.822. The van der Waals surface area contributed by atoms with Crippen LogP contribution < -0.4 is 5.73 Å². The summed E-state index contributed by atoms with van der Waals surface area (Å²) in [6, 6.07) is 8.96. The van der Waals surface area contributed by atoms with Crippen molar-refractivity contribution < 1.29 is 0 Å². The molecule has 0 aromatic heterocycles. The number of halogens is 1. The first-order valence-corrected chi connectivity index (χ1v) is 5.05. The van der Waals surface area contributed by atoms with E-state index in [2.05, 4.69) is 40.2 Å². The molecule has 12 heavy (non-hydrogen) atoms. The predicted molar refractivity (Wildman–Crippen MR) is 53.9 cm³/mol. The number of rotatable bonds is 2. The second kappa shape index (κ2) is 3.19. The third-order valence-electron chi connectivity index (χ3n) is 2.39. The van der Waals surface area contributed by atoms with E-state index in [-0.39, 0.29) is 0 Å². The maximum Gasteiger partial charge on any atom is 0.0175 e. The van der Waals surface area contributed by atoms with Gasteiger partial charge in [-0.3, -0.25) is 0 Å². The van der Waals surface area contributed by atoms with Crippen molar-refractivity contribution in [2.75, 3.05) is 0 Å². The second-order valence-electron chi connectivity index (χ2n) is 3.49. The molecular weight excluding hydrogens is 214 g/mol. The van der Waals surface area contributed by atoms with E-state index in [1.807, 2.05) is 0 Å². The highest BCUT2D eigenvalue weighted by Crippen LogP contribution is 2.31. The van der Waals surface area contributed by atoms with Gasteiger partial charge in [0.2, 0.25) is 0 Å². The van der Waals surface area contributed by atoms with Crippen LogP contribution in [0.3, 0.4) is 0 Å². The molecule has 0 saturated heterocycles. The Labute approximate surface area is 81.1 Å². The first-order chi connectivity index (χ1) is 5.75. The lowest BCUT2D eigenvalue weighted by atomic mass is 10.1. The van der Waals surface area contributed by atoms with Gasteiger partial charge in [0, 0.05) is 10.5 Å². The molecule has 2 heteroatoms. The summed E-state index contributed by atoms with van der Waals surface area (Å²) in [6.07, 6.45) is 2.35. The van der Waals surface area contributed by atoms with Gasteiger partial charge in [-0.2, -0.15) is 0 Å². The molecule has 1 saturated carbocycles. The maximum atomic E-state index is 5.73. The summed E-state index contributed by atoms with van der Waals surface area (Å²) >= 11 is 3.41. The topological polar surface area (TPSA) is 26.0 Å². The third kappa shape index (κ3) is 1.87. The van der Waals surface area contributed by atoms with Gasteiger partial charge >= 0.3 is 0 Å². The fourth-order valence-electron chi connectivity index (χ4n) is 1.43. The van der Waals surface area contributed by atoms with Crippen LogP contribution in [0.2, 0.25) is 0 Å². The standard InChI is InChI=1S/C10H12BrN/c11-9-3-1-7(2-4-9)5-8-6-10(8)12/h1-4,8,10H,5-6,12H2. The zero-order valence-corrected chi connectivity index (χ0v) is 8.42. The third-order valence-corrected chi connectivity index (χ3v) is 2.92. The van der Waals surface area contributed by atoms with E-state index in [9.17, 15) is 0 Å². The summed E-state index contributed by atoms with van der Waals surface area (Å²) < 4.78 is 1.14. The van der Waals surface area contributed by atoms with Crippen molar-refractivity contribution in [3.05, 3.63) is 34.3 Å². The number of hydrogen-bond donors (Lipinski definition) is 1. The molecule has 0 aliphatic heterocycles. The number of nitrogens with two attached hydrogens (primary N) is 1. The van der Waals surface area contributed by atoms with E-state index >= 15 is 0 Å². The zero-order chi connectivity index (χ0) is 8.55. The van der Waals surface area contributed by atoms with Gasteiger partial charge < -0.3 is 5.73 Å². The highest BCUT2D eigenvalue weighted by Gasteiger charge is 2.32. The van der Waals surface area contributed by atoms with Crippen LogP contribution in [-0.2, 0) is 6.42 Å². The average Bonchev–Trinajstić information content (AvgIpc) is 2.72. The van der Waals surface area contributed by atoms with Crippen molar-refractivity contribution in [3.8, 4) is 0 Å². The van der Waals surface area contributed by atoms with E-state index < -0.39 is 0 Å². The summed E-state index contributed by atoms with van der Waals surface area (Å²) in [5.41, 5.74) is 7.13. The van der Waals surface area contributed by atoms with Crippen molar-refractivity contribution in [1.29, 1.82) is 0 Å². The molecule has 1 fully saturated rings. The van der Waals surface area contributed by atoms with Gasteiger partial charge in [-0.05, 0) is 36.5 Å². The first kappa shape index (κ1) is 8.27. The molecule has 2 atom stereocenters. The molecule has 0 spiro atoms. The Balaban J connectivity index is 2.00.